The van der Waals surface area contributed by atoms with Crippen molar-refractivity contribution in [2.75, 3.05) is 6.61 Å². The van der Waals surface area contributed by atoms with Gasteiger partial charge >= 0.3 is 0 Å². The van der Waals surface area contributed by atoms with Crippen LogP contribution in [0, 0.1) is 0 Å². The molecule has 2 atom stereocenters. The van der Waals surface area contributed by atoms with Crippen LogP contribution in [0.4, 0.5) is 0 Å². The average Bonchev–Trinajstić information content (AvgIpc) is 2.35. The molecule has 0 bridgehead atoms. The van der Waals surface area contributed by atoms with Crippen LogP contribution in [-0.4, -0.2) is 12.6 Å². The van der Waals surface area contributed by atoms with Crippen molar-refractivity contribution in [1.82, 2.24) is 0 Å². The van der Waals surface area contributed by atoms with Gasteiger partial charge in [0.1, 0.15) is 5.75 Å². The Morgan fingerprint density at radius 3 is 2.30 bits per heavy atom. The van der Waals surface area contributed by atoms with Crippen LogP contribution in [-0.2, 0) is 5.41 Å². The van der Waals surface area contributed by atoms with Gasteiger partial charge in [0.05, 0.1) is 6.61 Å². The largest absolute Gasteiger partial charge is 0.494 e. The number of nitrogens with two attached hydrogens (primary N) is 1. The molecule has 0 radical (unpaired) electrons. The van der Waals surface area contributed by atoms with Crippen molar-refractivity contribution in [2.24, 2.45) is 5.73 Å². The lowest BCUT2D eigenvalue weighted by atomic mass is 9.83. The smallest absolute Gasteiger partial charge is 0.122 e. The molecule has 0 heterocycles. The van der Waals surface area contributed by atoms with Gasteiger partial charge in [0.2, 0.25) is 0 Å². The van der Waals surface area contributed by atoms with E-state index in [0.29, 0.717) is 12.5 Å². The number of ether oxygens (including phenoxy) is 1. The van der Waals surface area contributed by atoms with Crippen molar-refractivity contribution in [3.05, 3.63) is 29.3 Å². The number of hydrogen-bond donors (Lipinski definition) is 1. The van der Waals surface area contributed by atoms with Gasteiger partial charge in [-0.1, -0.05) is 39.8 Å². The topological polar surface area (TPSA) is 35.2 Å². The summed E-state index contributed by atoms with van der Waals surface area (Å²) in [6.45, 7) is 13.8. The standard InChI is InChI=1S/C18H31NO/c1-7-20-17-11-10-15(18(4,5)6)12-16(17)13(2)8-9-14(3)19/h10-14H,7-9,19H2,1-6H3. The van der Waals surface area contributed by atoms with Crippen LogP contribution < -0.4 is 10.5 Å². The van der Waals surface area contributed by atoms with E-state index in [0.717, 1.165) is 18.6 Å². The van der Waals surface area contributed by atoms with E-state index in [1.807, 2.05) is 6.92 Å². The van der Waals surface area contributed by atoms with Gasteiger partial charge in [0, 0.05) is 6.04 Å². The van der Waals surface area contributed by atoms with Crippen LogP contribution in [0.15, 0.2) is 18.2 Å². The zero-order chi connectivity index (χ0) is 15.3. The zero-order valence-corrected chi connectivity index (χ0v) is 14.0. The molecule has 0 saturated carbocycles. The van der Waals surface area contributed by atoms with Crippen molar-refractivity contribution in [1.29, 1.82) is 0 Å². The summed E-state index contributed by atoms with van der Waals surface area (Å²) < 4.78 is 5.80. The molecular weight excluding hydrogens is 246 g/mol. The van der Waals surface area contributed by atoms with Gasteiger partial charge < -0.3 is 10.5 Å². The minimum Gasteiger partial charge on any atom is -0.494 e. The maximum absolute atomic E-state index is 5.88. The van der Waals surface area contributed by atoms with E-state index in [1.54, 1.807) is 0 Å². The molecule has 0 fully saturated rings. The minimum atomic E-state index is 0.167. The maximum Gasteiger partial charge on any atom is 0.122 e. The quantitative estimate of drug-likeness (QED) is 0.824. The molecule has 1 aromatic carbocycles. The summed E-state index contributed by atoms with van der Waals surface area (Å²) in [7, 11) is 0. The van der Waals surface area contributed by atoms with Gasteiger partial charge in [-0.15, -0.1) is 0 Å². The maximum atomic E-state index is 5.88. The molecule has 2 heteroatoms. The second-order valence-corrected chi connectivity index (χ2v) is 6.89. The Labute approximate surface area is 124 Å². The van der Waals surface area contributed by atoms with Crippen LogP contribution >= 0.6 is 0 Å². The predicted molar refractivity (Wildman–Crippen MR) is 87.6 cm³/mol. The first kappa shape index (κ1) is 17.0. The molecular formula is C18H31NO. The van der Waals surface area contributed by atoms with Crippen LogP contribution in [0.25, 0.3) is 0 Å². The van der Waals surface area contributed by atoms with E-state index in [9.17, 15) is 0 Å². The highest BCUT2D eigenvalue weighted by Crippen LogP contribution is 2.34. The summed E-state index contributed by atoms with van der Waals surface area (Å²) in [6, 6.07) is 6.89. The molecule has 114 valence electrons. The average molecular weight is 277 g/mol. The third kappa shape index (κ3) is 4.82. The number of hydrogen-bond acceptors (Lipinski definition) is 2. The van der Waals surface area contributed by atoms with Gasteiger partial charge in [-0.25, -0.2) is 0 Å². The molecule has 2 N–H and O–H groups in total. The Bertz CT molecular complexity index is 418. The first-order valence-corrected chi connectivity index (χ1v) is 7.78. The fourth-order valence-corrected chi connectivity index (χ4v) is 2.36. The predicted octanol–water partition coefficient (Wildman–Crippen LogP) is 4.61. The molecule has 0 amide bonds. The first-order valence-electron chi connectivity index (χ1n) is 7.78. The van der Waals surface area contributed by atoms with Gasteiger partial charge in [-0.05, 0) is 55.2 Å². The normalized spacial score (nSPS) is 14.9. The summed E-state index contributed by atoms with van der Waals surface area (Å²) in [4.78, 5) is 0. The molecule has 1 rings (SSSR count). The van der Waals surface area contributed by atoms with Crippen LogP contribution in [0.3, 0.4) is 0 Å². The Hall–Kier alpha value is -1.02. The number of benzene rings is 1. The third-order valence-electron chi connectivity index (χ3n) is 3.76. The van der Waals surface area contributed by atoms with Crippen molar-refractivity contribution in [3.63, 3.8) is 0 Å². The summed E-state index contributed by atoms with van der Waals surface area (Å²) in [6.07, 6.45) is 2.15. The summed E-state index contributed by atoms with van der Waals surface area (Å²) >= 11 is 0. The zero-order valence-electron chi connectivity index (χ0n) is 14.0. The third-order valence-corrected chi connectivity index (χ3v) is 3.76. The molecule has 20 heavy (non-hydrogen) atoms. The molecule has 1 aromatic rings. The van der Waals surface area contributed by atoms with Gasteiger partial charge in [-0.2, -0.15) is 0 Å². The fourth-order valence-electron chi connectivity index (χ4n) is 2.36. The van der Waals surface area contributed by atoms with Gasteiger partial charge in [0.15, 0.2) is 0 Å². The highest BCUT2D eigenvalue weighted by atomic mass is 16.5. The molecule has 0 saturated heterocycles. The Morgan fingerprint density at radius 1 is 1.15 bits per heavy atom. The van der Waals surface area contributed by atoms with Crippen molar-refractivity contribution >= 4 is 0 Å². The van der Waals surface area contributed by atoms with Gasteiger partial charge in [-0.3, -0.25) is 0 Å². The molecule has 2 unspecified atom stereocenters. The lowest BCUT2D eigenvalue weighted by molar-refractivity contribution is 0.333. The SMILES string of the molecule is CCOc1ccc(C(C)(C)C)cc1C(C)CCC(C)N. The fraction of sp³-hybridized carbons (Fsp3) is 0.667. The highest BCUT2D eigenvalue weighted by molar-refractivity contribution is 5.41. The lowest BCUT2D eigenvalue weighted by Crippen LogP contribution is -2.16. The molecule has 0 spiro atoms. The van der Waals surface area contributed by atoms with E-state index in [4.69, 9.17) is 10.5 Å². The summed E-state index contributed by atoms with van der Waals surface area (Å²) in [5.41, 5.74) is 8.73. The minimum absolute atomic E-state index is 0.167. The van der Waals surface area contributed by atoms with E-state index < -0.39 is 0 Å². The second kappa shape index (κ2) is 7.12. The molecule has 0 aliphatic carbocycles. The lowest BCUT2D eigenvalue weighted by Gasteiger charge is -2.24. The second-order valence-electron chi connectivity index (χ2n) is 6.89. The molecule has 0 aliphatic heterocycles. The number of rotatable bonds is 6. The van der Waals surface area contributed by atoms with E-state index in [-0.39, 0.29) is 11.5 Å². The van der Waals surface area contributed by atoms with Crippen molar-refractivity contribution in [3.8, 4) is 5.75 Å². The first-order chi connectivity index (χ1) is 9.25. The van der Waals surface area contributed by atoms with Crippen LogP contribution in [0.5, 0.6) is 5.75 Å². The van der Waals surface area contributed by atoms with Gasteiger partial charge in [0.25, 0.3) is 0 Å². The molecule has 2 nitrogen and oxygen atoms in total. The van der Waals surface area contributed by atoms with Crippen LogP contribution in [0.2, 0.25) is 0 Å². The van der Waals surface area contributed by atoms with Crippen molar-refractivity contribution < 1.29 is 4.74 Å². The van der Waals surface area contributed by atoms with E-state index in [1.165, 1.54) is 11.1 Å². The van der Waals surface area contributed by atoms with Crippen LogP contribution in [0.1, 0.15) is 71.4 Å². The molecule has 0 aliphatic rings. The summed E-state index contributed by atoms with van der Waals surface area (Å²) in [5, 5.41) is 0. The Morgan fingerprint density at radius 2 is 1.80 bits per heavy atom. The Balaban J connectivity index is 3.04. The van der Waals surface area contributed by atoms with Crippen molar-refractivity contribution in [2.45, 2.75) is 71.8 Å². The Kier molecular flexibility index (Phi) is 6.07. The van der Waals surface area contributed by atoms with E-state index in [2.05, 4.69) is 52.8 Å². The monoisotopic (exact) mass is 277 g/mol. The molecule has 0 aromatic heterocycles. The highest BCUT2D eigenvalue weighted by Gasteiger charge is 2.19. The summed E-state index contributed by atoms with van der Waals surface area (Å²) in [5.74, 6) is 1.50. The van der Waals surface area contributed by atoms with E-state index >= 15 is 0 Å².